The predicted molar refractivity (Wildman–Crippen MR) is 88.3 cm³/mol. The first kappa shape index (κ1) is 16.8. The van der Waals surface area contributed by atoms with Crippen molar-refractivity contribution in [2.45, 2.75) is 0 Å². The minimum atomic E-state index is -0.820. The van der Waals surface area contributed by atoms with E-state index in [9.17, 15) is 29.8 Å². The van der Waals surface area contributed by atoms with Gasteiger partial charge in [-0.05, 0) is 12.1 Å². The highest BCUT2D eigenvalue weighted by Crippen LogP contribution is 2.31. The average molecular weight is 358 g/mol. The van der Waals surface area contributed by atoms with Crippen molar-refractivity contribution >= 4 is 34.6 Å². The lowest BCUT2D eigenvalue weighted by Gasteiger charge is -2.18. The van der Waals surface area contributed by atoms with Crippen molar-refractivity contribution in [3.63, 3.8) is 0 Å². The van der Waals surface area contributed by atoms with Crippen molar-refractivity contribution in [2.75, 3.05) is 17.2 Å². The zero-order chi connectivity index (χ0) is 18.8. The Labute approximate surface area is 144 Å². The molecule has 0 saturated carbocycles. The monoisotopic (exact) mass is 358 g/mol. The van der Waals surface area contributed by atoms with Gasteiger partial charge in [-0.25, -0.2) is 0 Å². The second kappa shape index (κ2) is 6.47. The molecule has 0 aliphatic carbocycles. The molecule has 0 spiro atoms. The van der Waals surface area contributed by atoms with Crippen LogP contribution < -0.4 is 15.4 Å². The number of nitrogens with one attached hydrogen (secondary N) is 2. The molecule has 0 unspecified atom stereocenters. The number of nitro benzene ring substituents is 2. The number of nitro groups is 2. The minimum absolute atomic E-state index is 0.165. The fourth-order valence-electron chi connectivity index (χ4n) is 2.29. The molecule has 3 rings (SSSR count). The molecule has 11 heteroatoms. The molecule has 0 atom stereocenters. The van der Waals surface area contributed by atoms with Crippen LogP contribution in [-0.4, -0.2) is 28.3 Å². The summed E-state index contributed by atoms with van der Waals surface area (Å²) in [7, 11) is 0. The second-order valence-electron chi connectivity index (χ2n) is 5.25. The number of carbonyl (C=O) groups excluding carboxylic acids is 2. The number of ether oxygens (including phenoxy) is 1. The molecule has 0 radical (unpaired) electrons. The van der Waals surface area contributed by atoms with E-state index in [4.69, 9.17) is 4.74 Å². The van der Waals surface area contributed by atoms with Crippen LogP contribution in [0.5, 0.6) is 5.75 Å². The van der Waals surface area contributed by atoms with Gasteiger partial charge in [0.15, 0.2) is 6.61 Å². The van der Waals surface area contributed by atoms with Crippen LogP contribution in [0.3, 0.4) is 0 Å². The number of nitrogens with zero attached hydrogens (tertiary/aromatic N) is 2. The van der Waals surface area contributed by atoms with Crippen molar-refractivity contribution in [2.24, 2.45) is 0 Å². The summed E-state index contributed by atoms with van der Waals surface area (Å²) < 4.78 is 5.22. The Morgan fingerprint density at radius 1 is 1.08 bits per heavy atom. The largest absolute Gasteiger partial charge is 0.482 e. The quantitative estimate of drug-likeness (QED) is 0.626. The van der Waals surface area contributed by atoms with E-state index in [1.54, 1.807) is 0 Å². The third-order valence-electron chi connectivity index (χ3n) is 3.46. The van der Waals surface area contributed by atoms with Crippen molar-refractivity contribution in [3.05, 3.63) is 62.2 Å². The minimum Gasteiger partial charge on any atom is -0.482 e. The van der Waals surface area contributed by atoms with Gasteiger partial charge in [-0.15, -0.1) is 0 Å². The first-order valence-electron chi connectivity index (χ1n) is 7.15. The number of rotatable bonds is 4. The topological polar surface area (TPSA) is 154 Å². The van der Waals surface area contributed by atoms with Crippen molar-refractivity contribution in [1.29, 1.82) is 0 Å². The smallest absolute Gasteiger partial charge is 0.277 e. The number of fused-ring (bicyclic) bond motifs is 1. The molecule has 1 aliphatic heterocycles. The maximum Gasteiger partial charge on any atom is 0.277 e. The van der Waals surface area contributed by atoms with Gasteiger partial charge in [-0.1, -0.05) is 0 Å². The number of amides is 2. The van der Waals surface area contributed by atoms with E-state index in [0.717, 1.165) is 18.2 Å². The van der Waals surface area contributed by atoms with Gasteiger partial charge in [0.25, 0.3) is 23.2 Å². The van der Waals surface area contributed by atoms with Crippen molar-refractivity contribution in [3.8, 4) is 5.75 Å². The van der Waals surface area contributed by atoms with E-state index in [1.807, 2.05) is 0 Å². The van der Waals surface area contributed by atoms with Gasteiger partial charge in [0.2, 0.25) is 0 Å². The van der Waals surface area contributed by atoms with Gasteiger partial charge in [0.1, 0.15) is 5.75 Å². The van der Waals surface area contributed by atoms with E-state index in [0.29, 0.717) is 17.1 Å². The number of carbonyl (C=O) groups is 2. The summed E-state index contributed by atoms with van der Waals surface area (Å²) in [6.07, 6.45) is 0. The molecule has 1 heterocycles. The van der Waals surface area contributed by atoms with E-state index in [1.165, 1.54) is 18.2 Å². The third kappa shape index (κ3) is 3.40. The van der Waals surface area contributed by atoms with Gasteiger partial charge in [-0.2, -0.15) is 0 Å². The number of benzene rings is 2. The van der Waals surface area contributed by atoms with Crippen LogP contribution in [-0.2, 0) is 4.79 Å². The van der Waals surface area contributed by atoms with Crippen LogP contribution in [0.2, 0.25) is 0 Å². The lowest BCUT2D eigenvalue weighted by molar-refractivity contribution is -0.394. The first-order valence-corrected chi connectivity index (χ1v) is 7.15. The molecule has 2 N–H and O–H groups in total. The summed E-state index contributed by atoms with van der Waals surface area (Å²) in [4.78, 5) is 43.7. The summed E-state index contributed by atoms with van der Waals surface area (Å²) >= 11 is 0. The Morgan fingerprint density at radius 3 is 2.35 bits per heavy atom. The summed E-state index contributed by atoms with van der Waals surface area (Å²) in [6.45, 7) is -0.165. The molecule has 132 valence electrons. The van der Waals surface area contributed by atoms with E-state index in [2.05, 4.69) is 10.6 Å². The van der Waals surface area contributed by atoms with Gasteiger partial charge >= 0.3 is 0 Å². The molecular weight excluding hydrogens is 348 g/mol. The molecule has 0 saturated heterocycles. The van der Waals surface area contributed by atoms with Crippen LogP contribution in [0, 0.1) is 20.2 Å². The van der Waals surface area contributed by atoms with Crippen molar-refractivity contribution in [1.82, 2.24) is 0 Å². The molecule has 2 aromatic rings. The fraction of sp³-hybridized carbons (Fsp3) is 0.0667. The van der Waals surface area contributed by atoms with Gasteiger partial charge in [0.05, 0.1) is 27.2 Å². The summed E-state index contributed by atoms with van der Waals surface area (Å²) in [5.41, 5.74) is -0.649. The molecule has 2 aromatic carbocycles. The van der Waals surface area contributed by atoms with Gasteiger partial charge in [0, 0.05) is 23.9 Å². The molecule has 26 heavy (non-hydrogen) atoms. The molecule has 0 aromatic heterocycles. The van der Waals surface area contributed by atoms with Gasteiger partial charge in [-0.3, -0.25) is 29.8 Å². The maximum atomic E-state index is 12.3. The lowest BCUT2D eigenvalue weighted by Crippen LogP contribution is -2.25. The first-order chi connectivity index (χ1) is 12.3. The van der Waals surface area contributed by atoms with Crippen molar-refractivity contribution < 1.29 is 24.2 Å². The highest BCUT2D eigenvalue weighted by atomic mass is 16.6. The zero-order valence-corrected chi connectivity index (χ0v) is 12.9. The highest BCUT2D eigenvalue weighted by Gasteiger charge is 2.21. The average Bonchev–Trinajstić information content (AvgIpc) is 2.61. The third-order valence-corrected chi connectivity index (χ3v) is 3.46. The van der Waals surface area contributed by atoms with E-state index >= 15 is 0 Å². The standard InChI is InChI=1S/C15H10N4O7/c20-14-7-26-13-5-9(1-2-12(13)17-14)16-15(21)8-3-10(18(22)23)6-11(4-8)19(24)25/h1-6H,7H2,(H,16,21)(H,17,20). The van der Waals surface area contributed by atoms with Crippen LogP contribution >= 0.6 is 0 Å². The fourth-order valence-corrected chi connectivity index (χ4v) is 2.29. The second-order valence-corrected chi connectivity index (χ2v) is 5.25. The summed E-state index contributed by atoms with van der Waals surface area (Å²) in [5.74, 6) is -0.734. The summed E-state index contributed by atoms with van der Waals surface area (Å²) in [5, 5.41) is 26.9. The number of hydrogen-bond donors (Lipinski definition) is 2. The predicted octanol–water partition coefficient (Wildman–Crippen LogP) is 2.09. The molecule has 2 amide bonds. The van der Waals surface area contributed by atoms with Crippen LogP contribution in [0.15, 0.2) is 36.4 Å². The number of hydrogen-bond acceptors (Lipinski definition) is 7. The van der Waals surface area contributed by atoms with Gasteiger partial charge < -0.3 is 15.4 Å². The van der Waals surface area contributed by atoms with Crippen LogP contribution in [0.1, 0.15) is 10.4 Å². The zero-order valence-electron chi connectivity index (χ0n) is 12.9. The molecular formula is C15H10N4O7. The number of anilines is 2. The van der Waals surface area contributed by atoms with Crippen LogP contribution in [0.4, 0.5) is 22.7 Å². The normalized spacial score (nSPS) is 12.4. The molecule has 0 bridgehead atoms. The summed E-state index contributed by atoms with van der Waals surface area (Å²) in [6, 6.07) is 7.11. The Balaban J connectivity index is 1.87. The molecule has 1 aliphatic rings. The Morgan fingerprint density at radius 2 is 1.73 bits per heavy atom. The molecule has 11 nitrogen and oxygen atoms in total. The van der Waals surface area contributed by atoms with E-state index < -0.39 is 27.1 Å². The molecule has 0 fully saturated rings. The Hall–Kier alpha value is -4.02. The SMILES string of the molecule is O=C1COc2cc(NC(=O)c3cc([N+](=O)[O-])cc([N+](=O)[O-])c3)ccc2N1. The Bertz CT molecular complexity index is 925. The maximum absolute atomic E-state index is 12.3. The van der Waals surface area contributed by atoms with E-state index in [-0.39, 0.29) is 18.1 Å². The van der Waals surface area contributed by atoms with Crippen LogP contribution in [0.25, 0.3) is 0 Å². The highest BCUT2D eigenvalue weighted by molar-refractivity contribution is 6.05. The number of non-ortho nitro benzene ring substituents is 2. The Kier molecular flexibility index (Phi) is 4.19. The lowest BCUT2D eigenvalue weighted by atomic mass is 10.1.